The number of nitrogens with zero attached hydrogens (tertiary/aromatic N) is 2. The van der Waals surface area contributed by atoms with E-state index in [2.05, 4.69) is 28.1 Å². The monoisotopic (exact) mass is 283 g/mol. The smallest absolute Gasteiger partial charge is 0.219 e. The third kappa shape index (κ3) is 2.28. The number of hydrogen-bond donors (Lipinski definition) is 1. The maximum absolute atomic E-state index is 11.5. The molecule has 0 spiro atoms. The molecule has 1 amide bonds. The predicted molar refractivity (Wildman–Crippen MR) is 84.7 cm³/mol. The number of rotatable bonds is 2. The molecule has 110 valence electrons. The number of amides is 1. The van der Waals surface area contributed by atoms with Gasteiger partial charge in [-0.05, 0) is 42.5 Å². The van der Waals surface area contributed by atoms with Crippen molar-refractivity contribution in [1.82, 2.24) is 9.88 Å². The minimum absolute atomic E-state index is 0.188. The standard InChI is InChI=1S/C17H21N3O/c1-12(21)19-6-8-20(9-7-19)17-11-14(13-2-3-13)10-16-15(17)4-5-18-16/h4-5,10-11,13,18H,2-3,6-9H2,1H3. The number of aromatic nitrogens is 1. The number of nitrogens with one attached hydrogen (secondary N) is 1. The average molecular weight is 283 g/mol. The Morgan fingerprint density at radius 3 is 2.62 bits per heavy atom. The fraction of sp³-hybridized carbons (Fsp3) is 0.471. The molecule has 21 heavy (non-hydrogen) atoms. The number of benzene rings is 1. The molecule has 4 nitrogen and oxygen atoms in total. The molecule has 1 N–H and O–H groups in total. The summed E-state index contributed by atoms with van der Waals surface area (Å²) in [5, 5.41) is 1.30. The molecule has 1 aliphatic carbocycles. The summed E-state index contributed by atoms with van der Waals surface area (Å²) in [4.78, 5) is 19.2. The minimum atomic E-state index is 0.188. The largest absolute Gasteiger partial charge is 0.367 e. The number of H-pyrrole nitrogens is 1. The Morgan fingerprint density at radius 2 is 1.95 bits per heavy atom. The van der Waals surface area contributed by atoms with Crippen molar-refractivity contribution in [2.45, 2.75) is 25.7 Å². The molecule has 2 heterocycles. The lowest BCUT2D eigenvalue weighted by molar-refractivity contribution is -0.129. The van der Waals surface area contributed by atoms with Crippen molar-refractivity contribution in [1.29, 1.82) is 0 Å². The van der Waals surface area contributed by atoms with Crippen LogP contribution < -0.4 is 4.90 Å². The number of fused-ring (bicyclic) bond motifs is 1. The number of hydrogen-bond acceptors (Lipinski definition) is 2. The minimum Gasteiger partial charge on any atom is -0.367 e. The SMILES string of the molecule is CC(=O)N1CCN(c2cc(C3CC3)cc3[nH]ccc23)CC1. The second-order valence-electron chi connectivity index (χ2n) is 6.25. The molecule has 0 unspecified atom stereocenters. The first-order chi connectivity index (χ1) is 10.2. The van der Waals surface area contributed by atoms with Crippen molar-refractivity contribution in [3.63, 3.8) is 0 Å². The Bertz CT molecular complexity index is 678. The molecule has 1 saturated heterocycles. The van der Waals surface area contributed by atoms with E-state index in [0.717, 1.165) is 32.1 Å². The van der Waals surface area contributed by atoms with Gasteiger partial charge in [0.25, 0.3) is 0 Å². The summed E-state index contributed by atoms with van der Waals surface area (Å²) in [5.74, 6) is 0.947. The molecule has 4 rings (SSSR count). The molecule has 1 saturated carbocycles. The second kappa shape index (κ2) is 4.79. The quantitative estimate of drug-likeness (QED) is 0.920. The van der Waals surface area contributed by atoms with E-state index >= 15 is 0 Å². The molecule has 1 aromatic heterocycles. The van der Waals surface area contributed by atoms with Gasteiger partial charge in [0.1, 0.15) is 0 Å². The van der Waals surface area contributed by atoms with Crippen LogP contribution in [0.5, 0.6) is 0 Å². The summed E-state index contributed by atoms with van der Waals surface area (Å²) < 4.78 is 0. The van der Waals surface area contributed by atoms with Gasteiger partial charge in [-0.1, -0.05) is 0 Å². The molecule has 0 radical (unpaired) electrons. The Morgan fingerprint density at radius 1 is 1.19 bits per heavy atom. The predicted octanol–water partition coefficient (Wildman–Crippen LogP) is 2.71. The molecule has 1 aliphatic heterocycles. The summed E-state index contributed by atoms with van der Waals surface area (Å²) in [7, 11) is 0. The van der Waals surface area contributed by atoms with Gasteiger partial charge in [-0.2, -0.15) is 0 Å². The van der Waals surface area contributed by atoms with E-state index in [1.54, 1.807) is 6.92 Å². The second-order valence-corrected chi connectivity index (χ2v) is 6.25. The van der Waals surface area contributed by atoms with E-state index in [0.29, 0.717) is 0 Å². The first-order valence-corrected chi connectivity index (χ1v) is 7.84. The van der Waals surface area contributed by atoms with Crippen molar-refractivity contribution in [3.8, 4) is 0 Å². The third-order valence-corrected chi connectivity index (χ3v) is 4.78. The fourth-order valence-corrected chi connectivity index (χ4v) is 3.35. The van der Waals surface area contributed by atoms with E-state index in [4.69, 9.17) is 0 Å². The topological polar surface area (TPSA) is 39.3 Å². The number of piperazine rings is 1. The Balaban J connectivity index is 1.66. The van der Waals surface area contributed by atoms with Crippen molar-refractivity contribution >= 4 is 22.5 Å². The molecular formula is C17H21N3O. The van der Waals surface area contributed by atoms with E-state index < -0.39 is 0 Å². The van der Waals surface area contributed by atoms with Crippen LogP contribution in [-0.4, -0.2) is 42.0 Å². The van der Waals surface area contributed by atoms with E-state index in [1.165, 1.54) is 35.0 Å². The summed E-state index contributed by atoms with van der Waals surface area (Å²) in [6.07, 6.45) is 4.67. The van der Waals surface area contributed by atoms with Gasteiger partial charge in [0.2, 0.25) is 5.91 Å². The molecule has 0 bridgehead atoms. The summed E-state index contributed by atoms with van der Waals surface area (Å²) in [6.45, 7) is 5.17. The Labute approximate surface area is 124 Å². The summed E-state index contributed by atoms with van der Waals surface area (Å²) in [6, 6.07) is 6.85. The zero-order valence-electron chi connectivity index (χ0n) is 12.4. The van der Waals surface area contributed by atoms with E-state index in [-0.39, 0.29) is 5.91 Å². The highest BCUT2D eigenvalue weighted by Gasteiger charge is 2.26. The van der Waals surface area contributed by atoms with Crippen LogP contribution in [0.25, 0.3) is 10.9 Å². The van der Waals surface area contributed by atoms with Crippen LogP contribution in [0.4, 0.5) is 5.69 Å². The van der Waals surface area contributed by atoms with Crippen LogP contribution >= 0.6 is 0 Å². The van der Waals surface area contributed by atoms with Crippen LogP contribution in [0.2, 0.25) is 0 Å². The van der Waals surface area contributed by atoms with Crippen LogP contribution in [0.15, 0.2) is 24.4 Å². The van der Waals surface area contributed by atoms with Crippen LogP contribution in [0.1, 0.15) is 31.2 Å². The van der Waals surface area contributed by atoms with Crippen LogP contribution in [0, 0.1) is 0 Å². The zero-order valence-corrected chi connectivity index (χ0v) is 12.4. The van der Waals surface area contributed by atoms with Crippen molar-refractivity contribution < 1.29 is 4.79 Å². The van der Waals surface area contributed by atoms with Gasteiger partial charge in [0.05, 0.1) is 0 Å². The highest BCUT2D eigenvalue weighted by Crippen LogP contribution is 2.43. The highest BCUT2D eigenvalue weighted by atomic mass is 16.2. The van der Waals surface area contributed by atoms with Gasteiger partial charge in [0, 0.05) is 55.9 Å². The van der Waals surface area contributed by atoms with Crippen molar-refractivity contribution in [3.05, 3.63) is 30.0 Å². The first-order valence-electron chi connectivity index (χ1n) is 7.84. The zero-order chi connectivity index (χ0) is 14.4. The Hall–Kier alpha value is -1.97. The molecule has 2 aromatic rings. The van der Waals surface area contributed by atoms with Gasteiger partial charge >= 0.3 is 0 Å². The van der Waals surface area contributed by atoms with Crippen LogP contribution in [0.3, 0.4) is 0 Å². The fourth-order valence-electron chi connectivity index (χ4n) is 3.35. The molecule has 0 atom stereocenters. The number of anilines is 1. The van der Waals surface area contributed by atoms with E-state index in [9.17, 15) is 4.79 Å². The van der Waals surface area contributed by atoms with Gasteiger partial charge in [0.15, 0.2) is 0 Å². The molecule has 4 heteroatoms. The highest BCUT2D eigenvalue weighted by molar-refractivity contribution is 5.93. The molecular weight excluding hydrogens is 262 g/mol. The van der Waals surface area contributed by atoms with Gasteiger partial charge in [-0.3, -0.25) is 4.79 Å². The summed E-state index contributed by atoms with van der Waals surface area (Å²) in [5.41, 5.74) is 4.04. The number of carbonyl (C=O) groups excluding carboxylic acids is 1. The van der Waals surface area contributed by atoms with Crippen molar-refractivity contribution in [2.75, 3.05) is 31.1 Å². The maximum Gasteiger partial charge on any atom is 0.219 e. The molecule has 2 fully saturated rings. The van der Waals surface area contributed by atoms with Crippen LogP contribution in [-0.2, 0) is 4.79 Å². The normalized spacial score (nSPS) is 19.3. The average Bonchev–Trinajstić information content (AvgIpc) is 3.24. The molecule has 1 aromatic carbocycles. The summed E-state index contributed by atoms with van der Waals surface area (Å²) >= 11 is 0. The van der Waals surface area contributed by atoms with Gasteiger partial charge in [-0.15, -0.1) is 0 Å². The lowest BCUT2D eigenvalue weighted by atomic mass is 10.1. The van der Waals surface area contributed by atoms with E-state index in [1.807, 2.05) is 11.1 Å². The lowest BCUT2D eigenvalue weighted by Crippen LogP contribution is -2.48. The number of aromatic amines is 1. The van der Waals surface area contributed by atoms with Gasteiger partial charge < -0.3 is 14.8 Å². The van der Waals surface area contributed by atoms with Crippen molar-refractivity contribution in [2.24, 2.45) is 0 Å². The molecule has 2 aliphatic rings. The lowest BCUT2D eigenvalue weighted by Gasteiger charge is -2.36. The maximum atomic E-state index is 11.5. The Kier molecular flexibility index (Phi) is 2.91. The first kappa shape index (κ1) is 12.7. The van der Waals surface area contributed by atoms with Gasteiger partial charge in [-0.25, -0.2) is 0 Å². The third-order valence-electron chi connectivity index (χ3n) is 4.78. The number of carbonyl (C=O) groups is 1.